The highest BCUT2D eigenvalue weighted by atomic mass is 16.5. The summed E-state index contributed by atoms with van der Waals surface area (Å²) in [5.74, 6) is -2.90. The molecule has 2 aromatic carbocycles. The number of rotatable bonds is 16. The molecule has 0 atom stereocenters. The molecule has 2 aromatic rings. The largest absolute Gasteiger partial charge is 0.508 e. The fourth-order valence-electron chi connectivity index (χ4n) is 3.68. The predicted molar refractivity (Wildman–Crippen MR) is 147 cm³/mol. The van der Waals surface area contributed by atoms with E-state index in [9.17, 15) is 9.59 Å². The number of esters is 2. The molecule has 0 aliphatic carbocycles. The molecule has 0 amide bonds. The number of carbonyl (C=O) groups is 2. The first-order valence-electron chi connectivity index (χ1n) is 13.7. The normalized spacial score (nSPS) is 10.4. The van der Waals surface area contributed by atoms with E-state index in [0.29, 0.717) is 24.3 Å². The summed E-state index contributed by atoms with van der Waals surface area (Å²) in [6.45, 7) is 5.17. The van der Waals surface area contributed by atoms with E-state index >= 15 is 0 Å². The van der Waals surface area contributed by atoms with Crippen molar-refractivity contribution in [2.45, 2.75) is 90.9 Å². The average molecular weight is 533 g/mol. The Kier molecular flexibility index (Phi) is 16.9. The van der Waals surface area contributed by atoms with Crippen molar-refractivity contribution in [3.8, 4) is 23.0 Å². The van der Waals surface area contributed by atoms with E-state index < -0.39 is 29.2 Å². The monoisotopic (exact) mass is 532 g/mol. The minimum atomic E-state index is -0.627. The Hall–Kier alpha value is -3.42. The van der Waals surface area contributed by atoms with Gasteiger partial charge in [0.1, 0.15) is 5.75 Å². The lowest BCUT2D eigenvalue weighted by atomic mass is 10.1. The Balaban J connectivity index is 0.000000600. The molecule has 0 heterocycles. The Morgan fingerprint density at radius 3 is 1.37 bits per heavy atom. The molecule has 0 saturated carbocycles. The number of aromatic hydroxyl groups is 4. The van der Waals surface area contributed by atoms with Gasteiger partial charge in [-0.1, -0.05) is 90.2 Å². The van der Waals surface area contributed by atoms with Gasteiger partial charge in [-0.25, -0.2) is 9.59 Å². The van der Waals surface area contributed by atoms with Crippen molar-refractivity contribution in [1.82, 2.24) is 0 Å². The molecule has 0 unspecified atom stereocenters. The number of benzene rings is 2. The average Bonchev–Trinajstić information content (AvgIpc) is 2.90. The molecule has 0 fully saturated rings. The molecule has 0 bridgehead atoms. The summed E-state index contributed by atoms with van der Waals surface area (Å²) in [6, 6.07) is 8.59. The van der Waals surface area contributed by atoms with Gasteiger partial charge in [0.25, 0.3) is 0 Å². The van der Waals surface area contributed by atoms with Gasteiger partial charge in [-0.2, -0.15) is 0 Å². The van der Waals surface area contributed by atoms with Crippen LogP contribution in [0.15, 0.2) is 36.4 Å². The van der Waals surface area contributed by atoms with Crippen molar-refractivity contribution in [2.24, 2.45) is 0 Å². The first-order chi connectivity index (χ1) is 18.3. The zero-order chi connectivity index (χ0) is 28.2. The Morgan fingerprint density at radius 2 is 0.974 bits per heavy atom. The lowest BCUT2D eigenvalue weighted by Gasteiger charge is -2.10. The smallest absolute Gasteiger partial charge is 0.339 e. The van der Waals surface area contributed by atoms with Crippen molar-refractivity contribution in [3.05, 3.63) is 47.5 Å². The van der Waals surface area contributed by atoms with Gasteiger partial charge in [-0.15, -0.1) is 0 Å². The lowest BCUT2D eigenvalue weighted by molar-refractivity contribution is 0.0450. The van der Waals surface area contributed by atoms with Crippen molar-refractivity contribution in [1.29, 1.82) is 0 Å². The summed E-state index contributed by atoms with van der Waals surface area (Å²) in [6.07, 6.45) is 13.6. The number of unbranched alkanes of at least 4 members (excludes halogenated alkanes) is 10. The maximum atomic E-state index is 12.4. The summed E-state index contributed by atoms with van der Waals surface area (Å²) >= 11 is 0. The molecule has 0 radical (unpaired) electrons. The lowest BCUT2D eigenvalue weighted by Crippen LogP contribution is -2.15. The predicted octanol–water partition coefficient (Wildman–Crippen LogP) is 7.23. The van der Waals surface area contributed by atoms with Crippen LogP contribution in [0.5, 0.6) is 23.0 Å². The van der Waals surface area contributed by atoms with Crippen molar-refractivity contribution in [3.63, 3.8) is 0 Å². The zero-order valence-corrected chi connectivity index (χ0v) is 22.8. The van der Waals surface area contributed by atoms with E-state index in [-0.39, 0.29) is 5.75 Å². The Bertz CT molecular complexity index is 885. The molecule has 38 heavy (non-hydrogen) atoms. The molecule has 0 spiro atoms. The van der Waals surface area contributed by atoms with Gasteiger partial charge in [0.2, 0.25) is 5.75 Å². The minimum absolute atomic E-state index is 0.293. The van der Waals surface area contributed by atoms with Crippen LogP contribution >= 0.6 is 0 Å². The quantitative estimate of drug-likeness (QED) is 0.0770. The van der Waals surface area contributed by atoms with Gasteiger partial charge in [0.05, 0.1) is 24.3 Å². The minimum Gasteiger partial charge on any atom is -0.508 e. The number of carbonyl (C=O) groups excluding carboxylic acids is 2. The molecule has 2 rings (SSSR count). The van der Waals surface area contributed by atoms with Gasteiger partial charge in [-0.3, -0.25) is 0 Å². The van der Waals surface area contributed by atoms with E-state index in [4.69, 9.17) is 29.9 Å². The second kappa shape index (κ2) is 19.7. The number of phenolic OH excluding ortho intramolecular Hbond substituents is 4. The SMILES string of the molecule is CCCCCCCCOC(=O)c1ccccc1C(=O)OCCCCCCCC.Oc1cc(O)c(O)c(O)c1. The molecular formula is C30H44O8. The third-order valence-electron chi connectivity index (χ3n) is 5.88. The second-order valence-electron chi connectivity index (χ2n) is 9.19. The van der Waals surface area contributed by atoms with E-state index in [1.165, 1.54) is 51.4 Å². The van der Waals surface area contributed by atoms with Crippen LogP contribution < -0.4 is 0 Å². The van der Waals surface area contributed by atoms with E-state index in [0.717, 1.165) is 37.8 Å². The molecule has 212 valence electrons. The van der Waals surface area contributed by atoms with Gasteiger partial charge < -0.3 is 29.9 Å². The fourth-order valence-corrected chi connectivity index (χ4v) is 3.68. The van der Waals surface area contributed by atoms with Crippen LogP contribution in [0, 0.1) is 0 Å². The van der Waals surface area contributed by atoms with Crippen LogP contribution in [0.1, 0.15) is 112 Å². The first kappa shape index (κ1) is 32.6. The molecular weight excluding hydrogens is 488 g/mol. The second-order valence-corrected chi connectivity index (χ2v) is 9.19. The maximum Gasteiger partial charge on any atom is 0.339 e. The van der Waals surface area contributed by atoms with Gasteiger partial charge in [0, 0.05) is 12.1 Å². The molecule has 8 nitrogen and oxygen atoms in total. The van der Waals surface area contributed by atoms with Crippen LogP contribution in [0.2, 0.25) is 0 Å². The zero-order valence-electron chi connectivity index (χ0n) is 22.8. The van der Waals surface area contributed by atoms with Crippen molar-refractivity contribution in [2.75, 3.05) is 13.2 Å². The van der Waals surface area contributed by atoms with Gasteiger partial charge in [-0.05, 0) is 25.0 Å². The Labute approximate surface area is 226 Å². The highest BCUT2D eigenvalue weighted by Crippen LogP contribution is 2.37. The molecule has 8 heteroatoms. The number of hydrogen-bond donors (Lipinski definition) is 4. The summed E-state index contributed by atoms with van der Waals surface area (Å²) in [4.78, 5) is 24.7. The first-order valence-corrected chi connectivity index (χ1v) is 13.7. The summed E-state index contributed by atoms with van der Waals surface area (Å²) in [7, 11) is 0. The highest BCUT2D eigenvalue weighted by Gasteiger charge is 2.18. The van der Waals surface area contributed by atoms with Crippen LogP contribution in [0.4, 0.5) is 0 Å². The third kappa shape index (κ3) is 13.2. The standard InChI is InChI=1S/C24H38O4.C6H6O4/c1-3-5-7-9-11-15-19-27-23(25)21-17-13-14-18-22(21)24(26)28-20-16-12-10-8-6-4-2;7-3-1-4(8)6(10)5(9)2-3/h13-14,17-18H,3-12,15-16,19-20H2,1-2H3;1-2,7-10H. The van der Waals surface area contributed by atoms with E-state index in [1.807, 2.05) is 0 Å². The summed E-state index contributed by atoms with van der Waals surface area (Å²) < 4.78 is 10.7. The van der Waals surface area contributed by atoms with E-state index in [1.54, 1.807) is 24.3 Å². The van der Waals surface area contributed by atoms with Gasteiger partial charge >= 0.3 is 11.9 Å². The van der Waals surface area contributed by atoms with Crippen molar-refractivity contribution >= 4 is 11.9 Å². The number of ether oxygens (including phenoxy) is 2. The van der Waals surface area contributed by atoms with Crippen LogP contribution in [-0.4, -0.2) is 45.6 Å². The molecule has 4 N–H and O–H groups in total. The highest BCUT2D eigenvalue weighted by molar-refractivity contribution is 6.03. The third-order valence-corrected chi connectivity index (χ3v) is 5.88. The van der Waals surface area contributed by atoms with Crippen LogP contribution in [-0.2, 0) is 9.47 Å². The van der Waals surface area contributed by atoms with Crippen LogP contribution in [0.3, 0.4) is 0 Å². The molecule has 0 aliphatic rings. The number of hydrogen-bond acceptors (Lipinski definition) is 8. The topological polar surface area (TPSA) is 134 Å². The molecule has 0 aromatic heterocycles. The maximum absolute atomic E-state index is 12.4. The summed E-state index contributed by atoms with van der Waals surface area (Å²) in [5, 5.41) is 34.8. The van der Waals surface area contributed by atoms with E-state index in [2.05, 4.69) is 13.8 Å². The Morgan fingerprint density at radius 1 is 0.605 bits per heavy atom. The number of phenols is 4. The fraction of sp³-hybridized carbons (Fsp3) is 0.533. The molecule has 0 saturated heterocycles. The van der Waals surface area contributed by atoms with Crippen molar-refractivity contribution < 1.29 is 39.5 Å². The van der Waals surface area contributed by atoms with Crippen LogP contribution in [0.25, 0.3) is 0 Å². The van der Waals surface area contributed by atoms with Gasteiger partial charge in [0.15, 0.2) is 11.5 Å². The summed E-state index contributed by atoms with van der Waals surface area (Å²) in [5.41, 5.74) is 0.586. The molecule has 0 aliphatic heterocycles.